The number of aliphatic hydroxyl groups is 1. The van der Waals surface area contributed by atoms with Crippen molar-refractivity contribution in [3.63, 3.8) is 0 Å². The van der Waals surface area contributed by atoms with E-state index in [1.165, 1.54) is 12.0 Å². The molecule has 8 nitrogen and oxygen atoms in total. The lowest BCUT2D eigenvalue weighted by atomic mass is 9.95. The number of ketones is 1. The average Bonchev–Trinajstić information content (AvgIpc) is 3.12. The Bertz CT molecular complexity index is 1080. The zero-order valence-corrected chi connectivity index (χ0v) is 19.4. The quantitative estimate of drug-likeness (QED) is 0.260. The Morgan fingerprint density at radius 3 is 2.50 bits per heavy atom. The number of methoxy groups -OCH3 is 1. The summed E-state index contributed by atoms with van der Waals surface area (Å²) in [5.41, 5.74) is 1.09. The van der Waals surface area contributed by atoms with E-state index >= 15 is 0 Å². The third-order valence-electron chi connectivity index (χ3n) is 5.85. The van der Waals surface area contributed by atoms with Gasteiger partial charge in [-0.05, 0) is 42.3 Å². The van der Waals surface area contributed by atoms with Crippen molar-refractivity contribution in [2.24, 2.45) is 0 Å². The number of unbranched alkanes of at least 4 members (excludes halogenated alkanes) is 1. The standard InChI is InChI=1S/C26H29NO7/c1-3-4-12-32-19-8-5-17(6-9-19)23-22(25(29)26(30)27(23)11-13-31-2)24(28)18-7-10-20-21(16-18)34-15-14-33-20/h5-10,16,23,28H,3-4,11-15H2,1-2H3/b24-22-. The highest BCUT2D eigenvalue weighted by molar-refractivity contribution is 6.46. The van der Waals surface area contributed by atoms with E-state index in [4.69, 9.17) is 18.9 Å². The van der Waals surface area contributed by atoms with Crippen molar-refractivity contribution in [1.29, 1.82) is 0 Å². The van der Waals surface area contributed by atoms with Gasteiger partial charge in [0.05, 0.1) is 24.8 Å². The van der Waals surface area contributed by atoms with Crippen LogP contribution in [0.2, 0.25) is 0 Å². The summed E-state index contributed by atoms with van der Waals surface area (Å²) < 4.78 is 22.0. The number of hydrogen-bond donors (Lipinski definition) is 1. The number of Topliss-reactive ketones (excluding diaryl/α,β-unsaturated/α-hetero) is 1. The molecule has 1 N–H and O–H groups in total. The van der Waals surface area contributed by atoms with Crippen LogP contribution < -0.4 is 14.2 Å². The fourth-order valence-corrected chi connectivity index (χ4v) is 4.07. The van der Waals surface area contributed by atoms with Crippen LogP contribution in [-0.2, 0) is 14.3 Å². The van der Waals surface area contributed by atoms with Gasteiger partial charge in [-0.25, -0.2) is 0 Å². The fraction of sp³-hybridized carbons (Fsp3) is 0.385. The number of likely N-dealkylation sites (tertiary alicyclic amines) is 1. The van der Waals surface area contributed by atoms with Gasteiger partial charge < -0.3 is 29.0 Å². The lowest BCUT2D eigenvalue weighted by Crippen LogP contribution is -2.32. The fourth-order valence-electron chi connectivity index (χ4n) is 4.07. The van der Waals surface area contributed by atoms with Crippen LogP contribution in [0.3, 0.4) is 0 Å². The summed E-state index contributed by atoms with van der Waals surface area (Å²) in [6, 6.07) is 11.4. The van der Waals surface area contributed by atoms with Crippen molar-refractivity contribution in [3.8, 4) is 17.2 Å². The predicted molar refractivity (Wildman–Crippen MR) is 125 cm³/mol. The number of amides is 1. The Balaban J connectivity index is 1.73. The molecule has 0 aliphatic carbocycles. The second-order valence-corrected chi connectivity index (χ2v) is 8.11. The van der Waals surface area contributed by atoms with Crippen molar-refractivity contribution in [2.45, 2.75) is 25.8 Å². The SMILES string of the molecule is CCCCOc1ccc(C2/C(=C(/O)c3ccc4c(c3)OCCO4)C(=O)C(=O)N2CCOC)cc1. The number of ether oxygens (including phenoxy) is 4. The normalized spacial score (nSPS) is 18.9. The zero-order valence-electron chi connectivity index (χ0n) is 19.4. The Hall–Kier alpha value is -3.52. The van der Waals surface area contributed by atoms with E-state index in [9.17, 15) is 14.7 Å². The Kier molecular flexibility index (Phi) is 7.37. The maximum Gasteiger partial charge on any atom is 0.295 e. The maximum atomic E-state index is 13.1. The zero-order chi connectivity index (χ0) is 24.1. The number of carbonyl (C=O) groups is 2. The second kappa shape index (κ2) is 10.6. The molecule has 2 aromatic rings. The van der Waals surface area contributed by atoms with E-state index in [0.717, 1.165) is 12.8 Å². The van der Waals surface area contributed by atoms with Gasteiger partial charge in [-0.15, -0.1) is 0 Å². The molecule has 8 heteroatoms. The van der Waals surface area contributed by atoms with Crippen molar-refractivity contribution < 1.29 is 33.6 Å². The van der Waals surface area contributed by atoms with Crippen molar-refractivity contribution in [2.75, 3.05) is 40.1 Å². The predicted octanol–water partition coefficient (Wildman–Crippen LogP) is 3.70. The van der Waals surface area contributed by atoms with E-state index in [-0.39, 0.29) is 24.5 Å². The first-order valence-corrected chi connectivity index (χ1v) is 11.4. The van der Waals surface area contributed by atoms with Crippen LogP contribution >= 0.6 is 0 Å². The van der Waals surface area contributed by atoms with Crippen LogP contribution in [0.1, 0.15) is 36.9 Å². The second-order valence-electron chi connectivity index (χ2n) is 8.11. The minimum absolute atomic E-state index is 0.0254. The number of nitrogens with zero attached hydrogens (tertiary/aromatic N) is 1. The van der Waals surface area contributed by atoms with Crippen LogP contribution in [0.5, 0.6) is 17.2 Å². The molecule has 2 aliphatic rings. The number of hydrogen-bond acceptors (Lipinski definition) is 7. The highest BCUT2D eigenvalue weighted by Crippen LogP contribution is 2.41. The maximum absolute atomic E-state index is 13.1. The van der Waals surface area contributed by atoms with Gasteiger partial charge in [0.15, 0.2) is 11.5 Å². The lowest BCUT2D eigenvalue weighted by molar-refractivity contribution is -0.140. The van der Waals surface area contributed by atoms with Crippen LogP contribution in [-0.4, -0.2) is 61.8 Å². The number of aliphatic hydroxyl groups excluding tert-OH is 1. The molecule has 2 aromatic carbocycles. The summed E-state index contributed by atoms with van der Waals surface area (Å²) in [7, 11) is 1.53. The van der Waals surface area contributed by atoms with Gasteiger partial charge in [-0.1, -0.05) is 25.5 Å². The van der Waals surface area contributed by atoms with Crippen molar-refractivity contribution in [1.82, 2.24) is 4.90 Å². The molecule has 180 valence electrons. The van der Waals surface area contributed by atoms with E-state index in [1.807, 2.05) is 24.3 Å². The molecule has 0 bridgehead atoms. The molecule has 0 spiro atoms. The molecular weight excluding hydrogens is 438 g/mol. The molecule has 1 atom stereocenters. The van der Waals surface area contributed by atoms with Gasteiger partial charge in [0.2, 0.25) is 0 Å². The Morgan fingerprint density at radius 1 is 1.06 bits per heavy atom. The van der Waals surface area contributed by atoms with Gasteiger partial charge in [-0.3, -0.25) is 9.59 Å². The molecule has 1 unspecified atom stereocenters. The molecule has 1 amide bonds. The van der Waals surface area contributed by atoms with Crippen LogP contribution in [0, 0.1) is 0 Å². The summed E-state index contributed by atoms with van der Waals surface area (Å²) in [6.07, 6.45) is 1.99. The number of fused-ring (bicyclic) bond motifs is 1. The van der Waals surface area contributed by atoms with Gasteiger partial charge in [0.25, 0.3) is 11.7 Å². The minimum Gasteiger partial charge on any atom is -0.507 e. The lowest BCUT2D eigenvalue weighted by Gasteiger charge is -2.25. The van der Waals surface area contributed by atoms with Crippen LogP contribution in [0.4, 0.5) is 0 Å². The molecular formula is C26H29NO7. The first kappa shape index (κ1) is 23.6. The first-order chi connectivity index (χ1) is 16.5. The van der Waals surface area contributed by atoms with Crippen molar-refractivity contribution in [3.05, 3.63) is 59.2 Å². The topological polar surface area (TPSA) is 94.5 Å². The molecule has 1 saturated heterocycles. The average molecular weight is 468 g/mol. The third-order valence-corrected chi connectivity index (χ3v) is 5.85. The molecule has 2 heterocycles. The summed E-state index contributed by atoms with van der Waals surface area (Å²) in [4.78, 5) is 27.4. The Morgan fingerprint density at radius 2 is 1.79 bits per heavy atom. The molecule has 4 rings (SSSR count). The minimum atomic E-state index is -0.756. The third kappa shape index (κ3) is 4.72. The largest absolute Gasteiger partial charge is 0.507 e. The van der Waals surface area contributed by atoms with E-state index in [0.29, 0.717) is 48.2 Å². The van der Waals surface area contributed by atoms with E-state index in [2.05, 4.69) is 6.92 Å². The van der Waals surface area contributed by atoms with Gasteiger partial charge in [0, 0.05) is 19.2 Å². The van der Waals surface area contributed by atoms with Crippen molar-refractivity contribution >= 4 is 17.4 Å². The van der Waals surface area contributed by atoms with Gasteiger partial charge in [0.1, 0.15) is 24.7 Å². The molecule has 0 saturated carbocycles. The summed E-state index contributed by atoms with van der Waals surface area (Å²) in [5.74, 6) is 0.0789. The van der Waals surface area contributed by atoms with Crippen LogP contribution in [0.15, 0.2) is 48.0 Å². The monoisotopic (exact) mass is 467 g/mol. The highest BCUT2D eigenvalue weighted by Gasteiger charge is 2.46. The van der Waals surface area contributed by atoms with E-state index < -0.39 is 17.7 Å². The molecule has 34 heavy (non-hydrogen) atoms. The summed E-state index contributed by atoms with van der Waals surface area (Å²) >= 11 is 0. The Labute approximate surface area is 198 Å². The van der Waals surface area contributed by atoms with Crippen LogP contribution in [0.25, 0.3) is 5.76 Å². The summed E-state index contributed by atoms with van der Waals surface area (Å²) in [5, 5.41) is 11.2. The molecule has 0 radical (unpaired) electrons. The number of carbonyl (C=O) groups excluding carboxylic acids is 2. The summed E-state index contributed by atoms with van der Waals surface area (Å²) in [6.45, 7) is 4.01. The molecule has 1 fully saturated rings. The molecule has 0 aromatic heterocycles. The smallest absolute Gasteiger partial charge is 0.295 e. The highest BCUT2D eigenvalue weighted by atomic mass is 16.6. The number of rotatable bonds is 9. The molecule has 2 aliphatic heterocycles. The van der Waals surface area contributed by atoms with E-state index in [1.54, 1.807) is 18.2 Å². The van der Waals surface area contributed by atoms with Gasteiger partial charge >= 0.3 is 0 Å². The van der Waals surface area contributed by atoms with Gasteiger partial charge in [-0.2, -0.15) is 0 Å². The first-order valence-electron chi connectivity index (χ1n) is 11.4. The number of benzene rings is 2.